The van der Waals surface area contributed by atoms with Crippen LogP contribution in [-0.2, 0) is 9.53 Å². The number of fused-ring (bicyclic) bond motifs is 3. The van der Waals surface area contributed by atoms with E-state index in [1.165, 1.54) is 38.5 Å². The highest BCUT2D eigenvalue weighted by Crippen LogP contribution is 2.72. The van der Waals surface area contributed by atoms with E-state index < -0.39 is 11.4 Å². The van der Waals surface area contributed by atoms with E-state index in [0.717, 1.165) is 50.2 Å². The first-order chi connectivity index (χ1) is 11.9. The Hall–Kier alpha value is -0.570. The van der Waals surface area contributed by atoms with Gasteiger partial charge in [-0.25, -0.2) is 0 Å². The second kappa shape index (κ2) is 5.97. The average molecular weight is 349 g/mol. The van der Waals surface area contributed by atoms with Gasteiger partial charge >= 0.3 is 5.97 Å². The molecule has 25 heavy (non-hydrogen) atoms. The lowest BCUT2D eigenvalue weighted by Crippen LogP contribution is -2.58. The minimum atomic E-state index is -0.547. The van der Waals surface area contributed by atoms with Crippen molar-refractivity contribution in [2.45, 2.75) is 78.6 Å². The second-order valence-electron chi connectivity index (χ2n) is 10.3. The summed E-state index contributed by atoms with van der Waals surface area (Å²) in [6.45, 7) is 8.40. The maximum absolute atomic E-state index is 12.1. The van der Waals surface area contributed by atoms with Crippen LogP contribution in [-0.4, -0.2) is 24.3 Å². The SMILES string of the molecule is CCOC[C@@H]1C[C@@]23CC[C@H]4[C@@](C)(CCC[C@@]4(C)C(=O)O)[C@H]2CC[C@@H]1C3. The van der Waals surface area contributed by atoms with E-state index in [1.807, 2.05) is 6.92 Å². The summed E-state index contributed by atoms with van der Waals surface area (Å²) in [5.74, 6) is 2.16. The Labute approximate surface area is 152 Å². The van der Waals surface area contributed by atoms with E-state index in [0.29, 0.717) is 11.3 Å². The average Bonchev–Trinajstić information content (AvgIpc) is 2.82. The van der Waals surface area contributed by atoms with Gasteiger partial charge in [0.15, 0.2) is 0 Å². The van der Waals surface area contributed by atoms with Crippen molar-refractivity contribution in [3.63, 3.8) is 0 Å². The molecule has 0 aromatic carbocycles. The predicted molar refractivity (Wildman–Crippen MR) is 98.3 cm³/mol. The standard InChI is InChI=1S/C22H36O3/c1-4-25-14-16-13-22-11-8-17-20(2,18(22)7-6-15(16)12-22)9-5-10-21(17,3)19(23)24/h15-18H,4-14H2,1-3H3,(H,23,24)/t15-,16+,17+,18-,20-,21-,22+/m1/s1. The molecule has 4 aliphatic rings. The summed E-state index contributed by atoms with van der Waals surface area (Å²) < 4.78 is 5.82. The molecule has 0 aromatic heterocycles. The molecule has 0 amide bonds. The number of carboxylic acids is 1. The fourth-order valence-electron chi connectivity index (χ4n) is 8.31. The van der Waals surface area contributed by atoms with E-state index in [4.69, 9.17) is 4.74 Å². The number of carbonyl (C=O) groups is 1. The normalized spacial score (nSPS) is 51.6. The molecule has 1 spiro atoms. The Morgan fingerprint density at radius 2 is 1.88 bits per heavy atom. The third-order valence-electron chi connectivity index (χ3n) is 9.30. The number of ether oxygens (including phenoxy) is 1. The number of hydrogen-bond acceptors (Lipinski definition) is 2. The van der Waals surface area contributed by atoms with Crippen molar-refractivity contribution in [3.05, 3.63) is 0 Å². The van der Waals surface area contributed by atoms with Gasteiger partial charge in [0.25, 0.3) is 0 Å². The van der Waals surface area contributed by atoms with E-state index in [9.17, 15) is 9.90 Å². The van der Waals surface area contributed by atoms with Gasteiger partial charge in [-0.05, 0) is 99.7 Å². The molecule has 1 N–H and O–H groups in total. The number of carboxylic acid groups (broad SMARTS) is 1. The Morgan fingerprint density at radius 3 is 2.60 bits per heavy atom. The lowest BCUT2D eigenvalue weighted by molar-refractivity contribution is -0.181. The van der Waals surface area contributed by atoms with E-state index in [2.05, 4.69) is 13.8 Å². The molecule has 4 saturated carbocycles. The van der Waals surface area contributed by atoms with Crippen LogP contribution in [0.2, 0.25) is 0 Å². The van der Waals surface area contributed by atoms with Gasteiger partial charge in [0, 0.05) is 13.2 Å². The summed E-state index contributed by atoms with van der Waals surface area (Å²) in [5.41, 5.74) is 0.219. The molecule has 3 nitrogen and oxygen atoms in total. The van der Waals surface area contributed by atoms with Gasteiger partial charge in [0.2, 0.25) is 0 Å². The summed E-state index contributed by atoms with van der Waals surface area (Å²) in [6, 6.07) is 0. The van der Waals surface area contributed by atoms with Crippen molar-refractivity contribution in [2.24, 2.45) is 39.9 Å². The smallest absolute Gasteiger partial charge is 0.309 e. The number of rotatable bonds is 4. The fourth-order valence-corrected chi connectivity index (χ4v) is 8.31. The maximum Gasteiger partial charge on any atom is 0.309 e. The van der Waals surface area contributed by atoms with E-state index in [1.54, 1.807) is 0 Å². The molecular formula is C22H36O3. The van der Waals surface area contributed by atoms with Crippen LogP contribution in [0.4, 0.5) is 0 Å². The zero-order valence-corrected chi connectivity index (χ0v) is 16.4. The van der Waals surface area contributed by atoms with Crippen LogP contribution in [0.5, 0.6) is 0 Å². The highest BCUT2D eigenvalue weighted by molar-refractivity contribution is 5.75. The van der Waals surface area contributed by atoms with Crippen LogP contribution in [0.25, 0.3) is 0 Å². The highest BCUT2D eigenvalue weighted by Gasteiger charge is 2.65. The molecule has 4 rings (SSSR count). The van der Waals surface area contributed by atoms with Gasteiger partial charge in [0.05, 0.1) is 5.41 Å². The van der Waals surface area contributed by atoms with Crippen LogP contribution in [0.3, 0.4) is 0 Å². The third kappa shape index (κ3) is 2.44. The molecule has 2 bridgehead atoms. The molecule has 142 valence electrons. The fraction of sp³-hybridized carbons (Fsp3) is 0.955. The summed E-state index contributed by atoms with van der Waals surface area (Å²) in [5, 5.41) is 10.00. The maximum atomic E-state index is 12.1. The molecule has 4 aliphatic carbocycles. The predicted octanol–water partition coefficient (Wildman–Crippen LogP) is 5.14. The molecule has 4 fully saturated rings. The summed E-state index contributed by atoms with van der Waals surface area (Å²) in [7, 11) is 0. The van der Waals surface area contributed by atoms with Crippen LogP contribution in [0.1, 0.15) is 78.6 Å². The van der Waals surface area contributed by atoms with Crippen LogP contribution in [0, 0.1) is 39.9 Å². The first-order valence-corrected chi connectivity index (χ1v) is 10.7. The van der Waals surface area contributed by atoms with Crippen molar-refractivity contribution in [1.29, 1.82) is 0 Å². The molecule has 0 unspecified atom stereocenters. The van der Waals surface area contributed by atoms with Crippen molar-refractivity contribution in [3.8, 4) is 0 Å². The molecule has 0 aliphatic heterocycles. The van der Waals surface area contributed by atoms with Gasteiger partial charge in [-0.3, -0.25) is 4.79 Å². The third-order valence-corrected chi connectivity index (χ3v) is 9.30. The summed E-state index contributed by atoms with van der Waals surface area (Å²) >= 11 is 0. The minimum Gasteiger partial charge on any atom is -0.481 e. The van der Waals surface area contributed by atoms with Crippen LogP contribution in [0.15, 0.2) is 0 Å². The van der Waals surface area contributed by atoms with Gasteiger partial charge in [-0.15, -0.1) is 0 Å². The minimum absolute atomic E-state index is 0.231. The topological polar surface area (TPSA) is 46.5 Å². The molecular weight excluding hydrogens is 312 g/mol. The zero-order chi connectivity index (χ0) is 17.9. The lowest BCUT2D eigenvalue weighted by Gasteiger charge is -2.63. The van der Waals surface area contributed by atoms with Crippen LogP contribution >= 0.6 is 0 Å². The van der Waals surface area contributed by atoms with Crippen LogP contribution < -0.4 is 0 Å². The van der Waals surface area contributed by atoms with Crippen molar-refractivity contribution in [2.75, 3.05) is 13.2 Å². The molecule has 7 atom stereocenters. The number of aliphatic carboxylic acids is 1. The Kier molecular flexibility index (Phi) is 4.26. The first-order valence-electron chi connectivity index (χ1n) is 10.7. The quantitative estimate of drug-likeness (QED) is 0.765. The lowest BCUT2D eigenvalue weighted by atomic mass is 9.41. The zero-order valence-electron chi connectivity index (χ0n) is 16.4. The molecule has 0 aromatic rings. The summed E-state index contributed by atoms with van der Waals surface area (Å²) in [6.07, 6.45) is 11.0. The van der Waals surface area contributed by atoms with Gasteiger partial charge < -0.3 is 9.84 Å². The van der Waals surface area contributed by atoms with Crippen molar-refractivity contribution >= 4 is 5.97 Å². The molecule has 0 radical (unpaired) electrons. The Morgan fingerprint density at radius 1 is 1.08 bits per heavy atom. The van der Waals surface area contributed by atoms with Gasteiger partial charge in [0.1, 0.15) is 0 Å². The molecule has 0 saturated heterocycles. The number of hydrogen-bond donors (Lipinski definition) is 1. The van der Waals surface area contributed by atoms with Gasteiger partial charge in [-0.1, -0.05) is 13.3 Å². The van der Waals surface area contributed by atoms with Crippen molar-refractivity contribution in [1.82, 2.24) is 0 Å². The molecule has 0 heterocycles. The van der Waals surface area contributed by atoms with Crippen molar-refractivity contribution < 1.29 is 14.6 Å². The van der Waals surface area contributed by atoms with Gasteiger partial charge in [-0.2, -0.15) is 0 Å². The highest BCUT2D eigenvalue weighted by atomic mass is 16.5. The largest absolute Gasteiger partial charge is 0.481 e. The monoisotopic (exact) mass is 348 g/mol. The first kappa shape index (κ1) is 17.8. The Balaban J connectivity index is 1.63. The Bertz CT molecular complexity index is 545. The summed E-state index contributed by atoms with van der Waals surface area (Å²) in [4.78, 5) is 12.1. The van der Waals surface area contributed by atoms with E-state index in [-0.39, 0.29) is 5.41 Å². The van der Waals surface area contributed by atoms with E-state index >= 15 is 0 Å². The second-order valence-corrected chi connectivity index (χ2v) is 10.3. The molecule has 3 heteroatoms.